The molecule has 1 aliphatic carbocycles. The summed E-state index contributed by atoms with van der Waals surface area (Å²) in [7, 11) is 0. The fraction of sp³-hybridized carbons (Fsp3) is 0.684. The summed E-state index contributed by atoms with van der Waals surface area (Å²) >= 11 is 1.47. The number of nitrogens with one attached hydrogen (secondary N) is 1. The summed E-state index contributed by atoms with van der Waals surface area (Å²) in [6, 6.07) is 0. The Morgan fingerprint density at radius 2 is 2.19 bits per heavy atom. The van der Waals surface area contributed by atoms with Crippen LogP contribution in [-0.4, -0.2) is 37.2 Å². The summed E-state index contributed by atoms with van der Waals surface area (Å²) < 4.78 is 11.3. The maximum absolute atomic E-state index is 12.5. The van der Waals surface area contributed by atoms with E-state index in [-0.39, 0.29) is 12.0 Å². The normalized spacial score (nSPS) is 23.9. The molecule has 2 aliphatic rings. The molecule has 2 heterocycles. The van der Waals surface area contributed by atoms with Gasteiger partial charge in [-0.3, -0.25) is 9.59 Å². The van der Waals surface area contributed by atoms with Crippen molar-refractivity contribution in [3.8, 4) is 0 Å². The molecule has 0 saturated carbocycles. The quantitative estimate of drug-likeness (QED) is 0.794. The van der Waals surface area contributed by atoms with Crippen molar-refractivity contribution in [1.29, 1.82) is 0 Å². The molecule has 0 bridgehead atoms. The van der Waals surface area contributed by atoms with E-state index >= 15 is 0 Å². The predicted octanol–water partition coefficient (Wildman–Crippen LogP) is 2.88. The molecule has 1 aliphatic heterocycles. The number of amides is 2. The lowest BCUT2D eigenvalue weighted by molar-refractivity contribution is -0.130. The average Bonchev–Trinajstić information content (AvgIpc) is 2.97. The maximum atomic E-state index is 12.5. The fourth-order valence-corrected chi connectivity index (χ4v) is 5.00. The molecule has 3 rings (SSSR count). The maximum Gasteiger partial charge on any atom is 0.253 e. The summed E-state index contributed by atoms with van der Waals surface area (Å²) in [5.41, 5.74) is 7.09. The highest BCUT2D eigenvalue weighted by molar-refractivity contribution is 7.17. The highest BCUT2D eigenvalue weighted by Crippen LogP contribution is 2.39. The molecule has 0 aromatic carbocycles. The second-order valence-electron chi connectivity index (χ2n) is 7.37. The van der Waals surface area contributed by atoms with Gasteiger partial charge in [-0.15, -0.1) is 11.3 Å². The topological polar surface area (TPSA) is 90.7 Å². The smallest absolute Gasteiger partial charge is 0.253 e. The molecular weight excluding hydrogens is 352 g/mol. The third-order valence-corrected chi connectivity index (χ3v) is 6.34. The molecule has 26 heavy (non-hydrogen) atoms. The van der Waals surface area contributed by atoms with Gasteiger partial charge in [-0.2, -0.15) is 0 Å². The minimum atomic E-state index is -0.612. The van der Waals surface area contributed by atoms with E-state index < -0.39 is 12.0 Å². The number of hydrogen-bond donors (Lipinski definition) is 2. The van der Waals surface area contributed by atoms with Gasteiger partial charge in [0.1, 0.15) is 11.1 Å². The summed E-state index contributed by atoms with van der Waals surface area (Å²) in [6.45, 7) is 5.09. The SMILES string of the molecule is CC1CCc2c(sc(NC(=O)C(C)OCC3CCCCO3)c2C(N)=O)C1. The van der Waals surface area contributed by atoms with Crippen molar-refractivity contribution in [2.75, 3.05) is 18.5 Å². The Bertz CT molecular complexity index is 667. The van der Waals surface area contributed by atoms with E-state index in [4.69, 9.17) is 15.2 Å². The van der Waals surface area contributed by atoms with Gasteiger partial charge in [-0.25, -0.2) is 0 Å². The second kappa shape index (κ2) is 8.50. The summed E-state index contributed by atoms with van der Waals surface area (Å²) in [5, 5.41) is 3.43. The molecule has 3 N–H and O–H groups in total. The van der Waals surface area contributed by atoms with Crippen LogP contribution in [0.3, 0.4) is 0 Å². The van der Waals surface area contributed by atoms with Crippen molar-refractivity contribution in [3.63, 3.8) is 0 Å². The number of nitrogens with two attached hydrogens (primary N) is 1. The minimum Gasteiger partial charge on any atom is -0.376 e. The zero-order valence-electron chi connectivity index (χ0n) is 15.5. The summed E-state index contributed by atoms with van der Waals surface area (Å²) in [6.07, 6.45) is 5.46. The van der Waals surface area contributed by atoms with Crippen molar-refractivity contribution in [2.45, 2.75) is 64.6 Å². The first-order chi connectivity index (χ1) is 12.5. The average molecular weight is 381 g/mol. The second-order valence-corrected chi connectivity index (χ2v) is 8.48. The highest BCUT2D eigenvalue weighted by atomic mass is 32.1. The van der Waals surface area contributed by atoms with Gasteiger partial charge in [0.2, 0.25) is 0 Å². The number of thiophene rings is 1. The molecule has 3 unspecified atom stereocenters. The molecule has 2 amide bonds. The fourth-order valence-electron chi connectivity index (χ4n) is 3.58. The van der Waals surface area contributed by atoms with E-state index in [9.17, 15) is 9.59 Å². The van der Waals surface area contributed by atoms with E-state index in [1.54, 1.807) is 6.92 Å². The van der Waals surface area contributed by atoms with E-state index in [1.807, 2.05) is 0 Å². The molecule has 144 valence electrons. The lowest BCUT2D eigenvalue weighted by atomic mass is 9.88. The monoisotopic (exact) mass is 380 g/mol. The Balaban J connectivity index is 1.63. The number of anilines is 1. The number of fused-ring (bicyclic) bond motifs is 1. The van der Waals surface area contributed by atoms with E-state index in [2.05, 4.69) is 12.2 Å². The van der Waals surface area contributed by atoms with Crippen LogP contribution in [0.2, 0.25) is 0 Å². The van der Waals surface area contributed by atoms with Crippen molar-refractivity contribution in [1.82, 2.24) is 0 Å². The van der Waals surface area contributed by atoms with Crippen molar-refractivity contribution in [3.05, 3.63) is 16.0 Å². The molecule has 0 radical (unpaired) electrons. The van der Waals surface area contributed by atoms with Crippen LogP contribution in [-0.2, 0) is 27.1 Å². The van der Waals surface area contributed by atoms with Crippen LogP contribution >= 0.6 is 11.3 Å². The lowest BCUT2D eigenvalue weighted by Gasteiger charge is -2.23. The molecule has 1 aromatic heterocycles. The van der Waals surface area contributed by atoms with Gasteiger partial charge >= 0.3 is 0 Å². The first-order valence-corrected chi connectivity index (χ1v) is 10.3. The minimum absolute atomic E-state index is 0.0655. The molecule has 7 heteroatoms. The molecule has 1 aromatic rings. The Morgan fingerprint density at radius 3 is 2.88 bits per heavy atom. The number of primary amides is 1. The van der Waals surface area contributed by atoms with Crippen LogP contribution in [0.15, 0.2) is 0 Å². The van der Waals surface area contributed by atoms with E-state index in [0.717, 1.165) is 55.6 Å². The van der Waals surface area contributed by atoms with Crippen LogP contribution in [0, 0.1) is 5.92 Å². The van der Waals surface area contributed by atoms with Gasteiger partial charge in [0.25, 0.3) is 11.8 Å². The van der Waals surface area contributed by atoms with Crippen LogP contribution in [0.1, 0.15) is 60.3 Å². The first kappa shape index (κ1) is 19.3. The van der Waals surface area contributed by atoms with E-state index in [0.29, 0.717) is 23.1 Å². The summed E-state index contributed by atoms with van der Waals surface area (Å²) in [4.78, 5) is 25.6. The highest BCUT2D eigenvalue weighted by Gasteiger charge is 2.28. The molecular formula is C19H28N2O4S. The standard InChI is InChI=1S/C19H28N2O4S/c1-11-6-7-14-15(9-11)26-19(16(14)17(20)22)21-18(23)12(2)25-10-13-5-3-4-8-24-13/h11-13H,3-10H2,1-2H3,(H2,20,22)(H,21,23). The Morgan fingerprint density at radius 1 is 1.38 bits per heavy atom. The summed E-state index contributed by atoms with van der Waals surface area (Å²) in [5.74, 6) is -0.144. The molecule has 1 saturated heterocycles. The Hall–Kier alpha value is -1.44. The Labute approximate surface area is 158 Å². The predicted molar refractivity (Wildman–Crippen MR) is 102 cm³/mol. The lowest BCUT2D eigenvalue weighted by Crippen LogP contribution is -2.33. The number of hydrogen-bond acceptors (Lipinski definition) is 5. The van der Waals surface area contributed by atoms with Crippen molar-refractivity contribution < 1.29 is 19.1 Å². The third kappa shape index (κ3) is 4.45. The first-order valence-electron chi connectivity index (χ1n) is 9.44. The molecule has 0 spiro atoms. The number of carbonyl (C=O) groups excluding carboxylic acids is 2. The van der Waals surface area contributed by atoms with Gasteiger partial charge in [0.15, 0.2) is 0 Å². The number of rotatable bonds is 6. The van der Waals surface area contributed by atoms with Crippen LogP contribution in [0.4, 0.5) is 5.00 Å². The largest absolute Gasteiger partial charge is 0.376 e. The zero-order valence-corrected chi connectivity index (χ0v) is 16.3. The van der Waals surface area contributed by atoms with Crippen molar-refractivity contribution in [2.24, 2.45) is 11.7 Å². The van der Waals surface area contributed by atoms with Gasteiger partial charge in [-0.1, -0.05) is 6.92 Å². The van der Waals surface area contributed by atoms with Crippen LogP contribution in [0.25, 0.3) is 0 Å². The van der Waals surface area contributed by atoms with Crippen molar-refractivity contribution >= 4 is 28.2 Å². The molecule has 3 atom stereocenters. The zero-order chi connectivity index (χ0) is 18.7. The van der Waals surface area contributed by atoms with Gasteiger partial charge in [0.05, 0.1) is 18.3 Å². The van der Waals surface area contributed by atoms with Crippen LogP contribution in [0.5, 0.6) is 0 Å². The Kier molecular flexibility index (Phi) is 6.32. The third-order valence-electron chi connectivity index (χ3n) is 5.17. The van der Waals surface area contributed by atoms with Gasteiger partial charge < -0.3 is 20.5 Å². The van der Waals surface area contributed by atoms with Gasteiger partial charge in [0, 0.05) is 11.5 Å². The molecule has 6 nitrogen and oxygen atoms in total. The van der Waals surface area contributed by atoms with Crippen LogP contribution < -0.4 is 11.1 Å². The number of ether oxygens (including phenoxy) is 2. The molecule has 1 fully saturated rings. The van der Waals surface area contributed by atoms with Gasteiger partial charge in [-0.05, 0) is 56.9 Å². The number of carbonyl (C=O) groups is 2. The van der Waals surface area contributed by atoms with E-state index in [1.165, 1.54) is 11.3 Å².